The molecule has 0 amide bonds. The van der Waals surface area contributed by atoms with Gasteiger partial charge in [0.25, 0.3) is 0 Å². The van der Waals surface area contributed by atoms with Gasteiger partial charge in [0, 0.05) is 10.4 Å². The number of hydrogen-bond acceptors (Lipinski definition) is 4. The van der Waals surface area contributed by atoms with Crippen molar-refractivity contribution in [1.82, 2.24) is 0 Å². The number of ether oxygens (including phenoxy) is 2. The van der Waals surface area contributed by atoms with E-state index >= 15 is 0 Å². The summed E-state index contributed by atoms with van der Waals surface area (Å²) in [5, 5.41) is 14.3. The minimum absolute atomic E-state index is 0.0313. The number of fused-ring (bicyclic) bond motifs is 1. The van der Waals surface area contributed by atoms with Crippen LogP contribution in [0.3, 0.4) is 0 Å². The van der Waals surface area contributed by atoms with Crippen LogP contribution in [-0.2, 0) is 0 Å². The number of carboxylic acids is 1. The summed E-state index contributed by atoms with van der Waals surface area (Å²) in [4.78, 5) is 12.1. The molecule has 5 nitrogen and oxygen atoms in total. The molecule has 0 aliphatic carbocycles. The average molecular weight is 551 g/mol. The normalized spacial score (nSPS) is 19.4. The molecule has 0 unspecified atom stereocenters. The molecule has 0 fully saturated rings. The SMILES string of the molecule is COc1ccc([C@@H]2c3cc(Br)cc(C(=O)O)c3N[C@H](c3ccc(Cl)c(Cl)c3)[C@H]2C)cc1OC. The Morgan fingerprint density at radius 3 is 2.30 bits per heavy atom. The zero-order chi connectivity index (χ0) is 23.9. The first-order valence-corrected chi connectivity index (χ1v) is 11.8. The van der Waals surface area contributed by atoms with Crippen molar-refractivity contribution in [2.24, 2.45) is 5.92 Å². The lowest BCUT2D eigenvalue weighted by molar-refractivity contribution is 0.0697. The number of hydrogen-bond donors (Lipinski definition) is 2. The van der Waals surface area contributed by atoms with Crippen LogP contribution in [0, 0.1) is 5.92 Å². The Morgan fingerprint density at radius 2 is 1.67 bits per heavy atom. The van der Waals surface area contributed by atoms with Crippen LogP contribution in [0.25, 0.3) is 0 Å². The summed E-state index contributed by atoms with van der Waals surface area (Å²) in [7, 11) is 3.19. The van der Waals surface area contributed by atoms with Gasteiger partial charge in [-0.1, -0.05) is 58.2 Å². The molecule has 3 aromatic rings. The molecule has 1 aliphatic rings. The first-order valence-electron chi connectivity index (χ1n) is 10.2. The number of anilines is 1. The van der Waals surface area contributed by atoms with E-state index in [-0.39, 0.29) is 23.4 Å². The van der Waals surface area contributed by atoms with Crippen LogP contribution >= 0.6 is 39.1 Å². The van der Waals surface area contributed by atoms with Crippen molar-refractivity contribution in [3.63, 3.8) is 0 Å². The number of halogens is 3. The number of nitrogens with one attached hydrogen (secondary N) is 1. The molecule has 0 aromatic heterocycles. The van der Waals surface area contributed by atoms with Gasteiger partial charge >= 0.3 is 5.97 Å². The molecule has 0 bridgehead atoms. The van der Waals surface area contributed by atoms with E-state index in [1.54, 1.807) is 26.4 Å². The Balaban J connectivity index is 1.94. The van der Waals surface area contributed by atoms with E-state index in [1.807, 2.05) is 36.4 Å². The number of rotatable bonds is 5. The standard InChI is InChI=1S/C25H22BrCl2NO4/c1-12-22(13-5-7-20(32-2)21(9-13)33-3)16-10-15(26)11-17(25(30)31)24(16)29-23(12)14-4-6-18(27)19(28)8-14/h4-12,22-23,29H,1-3H3,(H,30,31)/t12-,22+,23-/m0/s1. The molecular formula is C25H22BrCl2NO4. The molecule has 3 aromatic carbocycles. The highest BCUT2D eigenvalue weighted by atomic mass is 79.9. The third kappa shape index (κ3) is 4.39. The largest absolute Gasteiger partial charge is 0.493 e. The Hall–Kier alpha value is -2.41. The zero-order valence-corrected chi connectivity index (χ0v) is 21.3. The summed E-state index contributed by atoms with van der Waals surface area (Å²) < 4.78 is 11.7. The fourth-order valence-electron chi connectivity index (χ4n) is 4.59. The molecule has 0 spiro atoms. The molecule has 1 aliphatic heterocycles. The lowest BCUT2D eigenvalue weighted by atomic mass is 9.72. The fraction of sp³-hybridized carbons (Fsp3) is 0.240. The van der Waals surface area contributed by atoms with Crippen molar-refractivity contribution in [3.05, 3.63) is 85.3 Å². The summed E-state index contributed by atoms with van der Waals surface area (Å²) in [5.74, 6) is 0.139. The average Bonchev–Trinajstić information content (AvgIpc) is 2.79. The number of methoxy groups -OCH3 is 2. The quantitative estimate of drug-likeness (QED) is 0.346. The van der Waals surface area contributed by atoms with Crippen LogP contribution in [0.15, 0.2) is 53.0 Å². The van der Waals surface area contributed by atoms with E-state index in [4.69, 9.17) is 32.7 Å². The number of benzene rings is 3. The molecular weight excluding hydrogens is 529 g/mol. The predicted molar refractivity (Wildman–Crippen MR) is 134 cm³/mol. The Morgan fingerprint density at radius 1 is 0.970 bits per heavy atom. The lowest BCUT2D eigenvalue weighted by Gasteiger charge is -2.40. The van der Waals surface area contributed by atoms with Crippen molar-refractivity contribution in [2.75, 3.05) is 19.5 Å². The maximum Gasteiger partial charge on any atom is 0.337 e. The fourth-order valence-corrected chi connectivity index (χ4v) is 5.37. The highest BCUT2D eigenvalue weighted by molar-refractivity contribution is 9.10. The Labute approximate surface area is 210 Å². The van der Waals surface area contributed by atoms with Gasteiger partial charge in [0.1, 0.15) is 0 Å². The van der Waals surface area contributed by atoms with Crippen molar-refractivity contribution >= 4 is 50.8 Å². The predicted octanol–water partition coefficient (Wildman–Crippen LogP) is 7.41. The van der Waals surface area contributed by atoms with Crippen LogP contribution in [0.1, 0.15) is 45.9 Å². The topological polar surface area (TPSA) is 67.8 Å². The highest BCUT2D eigenvalue weighted by Crippen LogP contribution is 2.51. The van der Waals surface area contributed by atoms with Gasteiger partial charge in [-0.15, -0.1) is 0 Å². The number of carbonyl (C=O) groups is 1. The Bertz CT molecular complexity index is 1230. The molecule has 8 heteroatoms. The third-order valence-corrected chi connectivity index (χ3v) is 7.32. The van der Waals surface area contributed by atoms with Crippen LogP contribution in [-0.4, -0.2) is 25.3 Å². The van der Waals surface area contributed by atoms with E-state index in [1.165, 1.54) is 0 Å². The van der Waals surface area contributed by atoms with Crippen LogP contribution in [0.5, 0.6) is 11.5 Å². The molecule has 4 rings (SSSR count). The van der Waals surface area contributed by atoms with E-state index in [9.17, 15) is 9.90 Å². The van der Waals surface area contributed by atoms with Crippen molar-refractivity contribution < 1.29 is 19.4 Å². The molecule has 0 saturated carbocycles. The molecule has 1 heterocycles. The van der Waals surface area contributed by atoms with Crippen LogP contribution in [0.4, 0.5) is 5.69 Å². The zero-order valence-electron chi connectivity index (χ0n) is 18.2. The van der Waals surface area contributed by atoms with E-state index < -0.39 is 5.97 Å². The van der Waals surface area contributed by atoms with E-state index in [0.29, 0.717) is 31.7 Å². The van der Waals surface area contributed by atoms with Gasteiger partial charge in [0.05, 0.1) is 41.6 Å². The van der Waals surface area contributed by atoms with Crippen LogP contribution in [0.2, 0.25) is 10.0 Å². The van der Waals surface area contributed by atoms with Crippen LogP contribution < -0.4 is 14.8 Å². The molecule has 2 N–H and O–H groups in total. The molecule has 33 heavy (non-hydrogen) atoms. The van der Waals surface area contributed by atoms with Gasteiger partial charge in [0.15, 0.2) is 11.5 Å². The third-order valence-electron chi connectivity index (χ3n) is 6.12. The molecule has 0 saturated heterocycles. The second-order valence-corrected chi connectivity index (χ2v) is 9.70. The maximum atomic E-state index is 12.1. The van der Waals surface area contributed by atoms with Crippen molar-refractivity contribution in [1.29, 1.82) is 0 Å². The second kappa shape index (κ2) is 9.45. The minimum atomic E-state index is -1.01. The summed E-state index contributed by atoms with van der Waals surface area (Å²) in [6.07, 6.45) is 0. The number of carboxylic acid groups (broad SMARTS) is 1. The van der Waals surface area contributed by atoms with Gasteiger partial charge < -0.3 is 19.9 Å². The summed E-state index contributed by atoms with van der Waals surface area (Å²) in [6, 6.07) is 14.7. The van der Waals surface area contributed by atoms with E-state index in [2.05, 4.69) is 28.2 Å². The van der Waals surface area contributed by atoms with Gasteiger partial charge in [0.2, 0.25) is 0 Å². The lowest BCUT2D eigenvalue weighted by Crippen LogP contribution is -2.32. The highest BCUT2D eigenvalue weighted by Gasteiger charge is 2.38. The first kappa shape index (κ1) is 23.7. The van der Waals surface area contributed by atoms with Crippen molar-refractivity contribution in [2.45, 2.75) is 18.9 Å². The molecule has 172 valence electrons. The minimum Gasteiger partial charge on any atom is -0.493 e. The van der Waals surface area contributed by atoms with Gasteiger partial charge in [-0.3, -0.25) is 0 Å². The smallest absolute Gasteiger partial charge is 0.337 e. The molecule has 3 atom stereocenters. The second-order valence-electron chi connectivity index (χ2n) is 7.97. The maximum absolute atomic E-state index is 12.1. The van der Waals surface area contributed by atoms with Crippen molar-refractivity contribution in [3.8, 4) is 11.5 Å². The van der Waals surface area contributed by atoms with E-state index in [0.717, 1.165) is 16.7 Å². The monoisotopic (exact) mass is 549 g/mol. The van der Waals surface area contributed by atoms with Gasteiger partial charge in [-0.05, 0) is 59.0 Å². The van der Waals surface area contributed by atoms with Gasteiger partial charge in [-0.2, -0.15) is 0 Å². The first-order chi connectivity index (χ1) is 15.7. The van der Waals surface area contributed by atoms with Gasteiger partial charge in [-0.25, -0.2) is 4.79 Å². The summed E-state index contributed by atoms with van der Waals surface area (Å²) in [6.45, 7) is 2.13. The summed E-state index contributed by atoms with van der Waals surface area (Å²) in [5.41, 5.74) is 3.58. The number of aromatic carboxylic acids is 1. The Kier molecular flexibility index (Phi) is 6.80. The molecule has 0 radical (unpaired) electrons. The summed E-state index contributed by atoms with van der Waals surface area (Å²) >= 11 is 16.0.